The second-order valence-electron chi connectivity index (χ2n) is 4.67. The van der Waals surface area contributed by atoms with Crippen molar-refractivity contribution in [2.75, 3.05) is 5.32 Å². The van der Waals surface area contributed by atoms with Crippen LogP contribution in [0.2, 0.25) is 5.02 Å². The lowest BCUT2D eigenvalue weighted by atomic mass is 10.2. The molecule has 1 aromatic carbocycles. The Morgan fingerprint density at radius 3 is 2.39 bits per heavy atom. The number of aliphatic carboxylic acids is 1. The zero-order chi connectivity index (χ0) is 17.0. The summed E-state index contributed by atoms with van der Waals surface area (Å²) in [7, 11) is 0. The van der Waals surface area contributed by atoms with E-state index in [0.29, 0.717) is 5.02 Å². The summed E-state index contributed by atoms with van der Waals surface area (Å²) in [6, 6.07) is 8.63. The summed E-state index contributed by atoms with van der Waals surface area (Å²) >= 11 is 6.98. The monoisotopic (exact) mass is 352 g/mol. The fourth-order valence-corrected chi connectivity index (χ4v) is 2.95. The molecule has 0 saturated heterocycles. The Kier molecular flexibility index (Phi) is 5.36. The number of amides is 2. The molecule has 0 unspecified atom stereocenters. The summed E-state index contributed by atoms with van der Waals surface area (Å²) in [5.74, 6) is -2.22. The van der Waals surface area contributed by atoms with Crippen molar-refractivity contribution in [2.24, 2.45) is 5.73 Å². The summed E-state index contributed by atoms with van der Waals surface area (Å²) in [4.78, 5) is 34.7. The maximum atomic E-state index is 11.7. The molecule has 23 heavy (non-hydrogen) atoms. The van der Waals surface area contributed by atoms with E-state index < -0.39 is 17.8 Å². The van der Waals surface area contributed by atoms with Crippen molar-refractivity contribution in [3.63, 3.8) is 0 Å². The van der Waals surface area contributed by atoms with E-state index in [0.717, 1.165) is 21.8 Å². The van der Waals surface area contributed by atoms with E-state index in [-0.39, 0.29) is 23.4 Å². The van der Waals surface area contributed by atoms with Crippen LogP contribution in [0.5, 0.6) is 0 Å². The van der Waals surface area contributed by atoms with Gasteiger partial charge in [-0.25, -0.2) is 0 Å². The van der Waals surface area contributed by atoms with Crippen molar-refractivity contribution in [2.45, 2.75) is 12.8 Å². The van der Waals surface area contributed by atoms with Crippen LogP contribution in [0, 0.1) is 0 Å². The van der Waals surface area contributed by atoms with Crippen LogP contribution >= 0.6 is 22.9 Å². The number of primary amides is 1. The van der Waals surface area contributed by atoms with Crippen molar-refractivity contribution in [3.8, 4) is 10.4 Å². The Bertz CT molecular complexity index is 755. The minimum atomic E-state index is -1.07. The number of nitrogens with one attached hydrogen (secondary N) is 1. The molecular formula is C15H13ClN2O4S. The van der Waals surface area contributed by atoms with Crippen LogP contribution in [0.25, 0.3) is 10.4 Å². The highest BCUT2D eigenvalue weighted by Crippen LogP contribution is 2.35. The van der Waals surface area contributed by atoms with Crippen LogP contribution in [0.15, 0.2) is 30.3 Å². The van der Waals surface area contributed by atoms with Gasteiger partial charge in [-0.1, -0.05) is 23.7 Å². The average Bonchev–Trinajstić information content (AvgIpc) is 2.90. The van der Waals surface area contributed by atoms with Gasteiger partial charge in [0, 0.05) is 16.3 Å². The average molecular weight is 353 g/mol. The molecule has 0 spiro atoms. The zero-order valence-electron chi connectivity index (χ0n) is 11.8. The van der Waals surface area contributed by atoms with E-state index in [9.17, 15) is 14.4 Å². The first kappa shape index (κ1) is 17.0. The number of rotatable bonds is 6. The molecule has 6 nitrogen and oxygen atoms in total. The van der Waals surface area contributed by atoms with E-state index in [2.05, 4.69) is 5.32 Å². The van der Waals surface area contributed by atoms with Crippen LogP contribution in [0.1, 0.15) is 22.5 Å². The highest BCUT2D eigenvalue weighted by molar-refractivity contribution is 7.18. The molecule has 0 aliphatic carbocycles. The van der Waals surface area contributed by atoms with E-state index in [1.54, 1.807) is 30.3 Å². The molecule has 0 fully saturated rings. The van der Waals surface area contributed by atoms with Gasteiger partial charge in [0.15, 0.2) is 0 Å². The van der Waals surface area contributed by atoms with Crippen molar-refractivity contribution in [1.29, 1.82) is 0 Å². The Labute approximate surface area is 140 Å². The SMILES string of the molecule is NC(=O)c1sc(-c2ccc(Cl)cc2)cc1NC(=O)CCC(=O)O. The summed E-state index contributed by atoms with van der Waals surface area (Å²) in [6.07, 6.45) is -0.467. The van der Waals surface area contributed by atoms with Gasteiger partial charge in [-0.15, -0.1) is 11.3 Å². The maximum absolute atomic E-state index is 11.7. The van der Waals surface area contributed by atoms with Crippen LogP contribution in [0.3, 0.4) is 0 Å². The number of carbonyl (C=O) groups is 3. The fourth-order valence-electron chi connectivity index (χ4n) is 1.86. The third kappa shape index (κ3) is 4.54. The summed E-state index contributed by atoms with van der Waals surface area (Å²) in [5.41, 5.74) is 6.44. The van der Waals surface area contributed by atoms with Crippen molar-refractivity contribution >= 4 is 46.4 Å². The molecule has 0 saturated carbocycles. The largest absolute Gasteiger partial charge is 0.481 e. The van der Waals surface area contributed by atoms with Crippen LogP contribution < -0.4 is 11.1 Å². The molecule has 0 bridgehead atoms. The molecule has 1 heterocycles. The van der Waals surface area contributed by atoms with E-state index in [1.165, 1.54) is 0 Å². The normalized spacial score (nSPS) is 10.3. The zero-order valence-corrected chi connectivity index (χ0v) is 13.4. The van der Waals surface area contributed by atoms with Gasteiger partial charge < -0.3 is 16.2 Å². The lowest BCUT2D eigenvalue weighted by Gasteiger charge is -2.03. The third-order valence-corrected chi connectivity index (χ3v) is 4.38. The number of hydrogen-bond donors (Lipinski definition) is 3. The maximum Gasteiger partial charge on any atom is 0.303 e. The van der Waals surface area contributed by atoms with Gasteiger partial charge in [0.25, 0.3) is 5.91 Å². The summed E-state index contributed by atoms with van der Waals surface area (Å²) in [6.45, 7) is 0. The molecule has 8 heteroatoms. The number of benzene rings is 1. The molecule has 120 valence electrons. The molecular weight excluding hydrogens is 340 g/mol. The lowest BCUT2D eigenvalue weighted by molar-refractivity contribution is -0.138. The predicted molar refractivity (Wildman–Crippen MR) is 88.8 cm³/mol. The van der Waals surface area contributed by atoms with E-state index >= 15 is 0 Å². The number of carboxylic acid groups (broad SMARTS) is 1. The minimum absolute atomic E-state index is 0.181. The first-order valence-corrected chi connectivity index (χ1v) is 7.77. The molecule has 0 atom stereocenters. The van der Waals surface area contributed by atoms with Gasteiger partial charge in [0.1, 0.15) is 4.88 Å². The van der Waals surface area contributed by atoms with Crippen molar-refractivity contribution < 1.29 is 19.5 Å². The van der Waals surface area contributed by atoms with Crippen LogP contribution in [-0.4, -0.2) is 22.9 Å². The second kappa shape index (κ2) is 7.26. The fraction of sp³-hybridized carbons (Fsp3) is 0.133. The standard InChI is InChI=1S/C15H13ClN2O4S/c16-9-3-1-8(2-4-9)11-7-10(14(23-11)15(17)22)18-12(19)5-6-13(20)21/h1-4,7H,5-6H2,(H2,17,22)(H,18,19)(H,20,21). The highest BCUT2D eigenvalue weighted by atomic mass is 35.5. The number of halogens is 1. The van der Waals surface area contributed by atoms with Crippen molar-refractivity contribution in [1.82, 2.24) is 0 Å². The topological polar surface area (TPSA) is 109 Å². The van der Waals surface area contributed by atoms with Crippen LogP contribution in [-0.2, 0) is 9.59 Å². The van der Waals surface area contributed by atoms with Gasteiger partial charge in [-0.2, -0.15) is 0 Å². The van der Waals surface area contributed by atoms with Crippen LogP contribution in [0.4, 0.5) is 5.69 Å². The Morgan fingerprint density at radius 2 is 1.83 bits per heavy atom. The number of thiophene rings is 1. The quantitative estimate of drug-likeness (QED) is 0.742. The van der Waals surface area contributed by atoms with Gasteiger partial charge in [-0.3, -0.25) is 14.4 Å². The van der Waals surface area contributed by atoms with E-state index in [4.69, 9.17) is 22.4 Å². The molecule has 4 N–H and O–H groups in total. The van der Waals surface area contributed by atoms with Gasteiger partial charge in [0.2, 0.25) is 5.91 Å². The Balaban J connectivity index is 2.25. The Morgan fingerprint density at radius 1 is 1.17 bits per heavy atom. The number of carboxylic acids is 1. The summed E-state index contributed by atoms with van der Waals surface area (Å²) < 4.78 is 0. The lowest BCUT2D eigenvalue weighted by Crippen LogP contribution is -2.16. The highest BCUT2D eigenvalue weighted by Gasteiger charge is 2.17. The van der Waals surface area contributed by atoms with Gasteiger partial charge in [-0.05, 0) is 23.8 Å². The molecule has 2 rings (SSSR count). The third-order valence-electron chi connectivity index (χ3n) is 2.92. The van der Waals surface area contributed by atoms with Crippen molar-refractivity contribution in [3.05, 3.63) is 40.2 Å². The van der Waals surface area contributed by atoms with Gasteiger partial charge >= 0.3 is 5.97 Å². The van der Waals surface area contributed by atoms with E-state index in [1.807, 2.05) is 0 Å². The van der Waals surface area contributed by atoms with Gasteiger partial charge in [0.05, 0.1) is 12.1 Å². The second-order valence-corrected chi connectivity index (χ2v) is 6.16. The first-order chi connectivity index (χ1) is 10.9. The number of hydrogen-bond acceptors (Lipinski definition) is 4. The molecule has 0 aliphatic heterocycles. The Hall–Kier alpha value is -2.38. The number of carbonyl (C=O) groups excluding carboxylic acids is 2. The molecule has 1 aromatic heterocycles. The molecule has 0 aliphatic rings. The summed E-state index contributed by atoms with van der Waals surface area (Å²) in [5, 5.41) is 11.7. The molecule has 0 radical (unpaired) electrons. The molecule has 2 aromatic rings. The minimum Gasteiger partial charge on any atom is -0.481 e. The first-order valence-electron chi connectivity index (χ1n) is 6.58. The number of nitrogens with two attached hydrogens (primary N) is 1. The smallest absolute Gasteiger partial charge is 0.303 e. The predicted octanol–water partition coefficient (Wildman–Crippen LogP) is 2.97. The number of anilines is 1. The molecule has 2 amide bonds.